The van der Waals surface area contributed by atoms with Gasteiger partial charge >= 0.3 is 5.97 Å². The fourth-order valence-electron chi connectivity index (χ4n) is 11.9. The number of aromatic nitrogens is 5. The summed E-state index contributed by atoms with van der Waals surface area (Å²) < 4.78 is 65.7. The zero-order valence-electron chi connectivity index (χ0n) is 48.9. The number of benzene rings is 1. The quantitative estimate of drug-likeness (QED) is 0.0421. The van der Waals surface area contributed by atoms with E-state index in [9.17, 15) is 34.7 Å². The number of methoxy groups -OCH3 is 3. The first-order valence-corrected chi connectivity index (χ1v) is 27.7. The Balaban J connectivity index is 1.28. The van der Waals surface area contributed by atoms with Crippen molar-refractivity contribution in [3.05, 3.63) is 54.1 Å². The first-order chi connectivity index (χ1) is 37.7. The lowest BCUT2D eigenvalue weighted by molar-refractivity contribution is -0.318. The van der Waals surface area contributed by atoms with Gasteiger partial charge in [-0.3, -0.25) is 4.79 Å². The maximum Gasteiger partial charge on any atom is 0.311 e. The molecule has 7 N–H and O–H groups in total. The fourth-order valence-corrected chi connectivity index (χ4v) is 11.9. The number of likely N-dealkylation sites (N-methyl/N-ethyl adjacent to an activating group) is 1. The van der Waals surface area contributed by atoms with Gasteiger partial charge in [-0.2, -0.15) is 0 Å². The normalized spacial score (nSPS) is 37.2. The number of hydrogen-bond donors (Lipinski definition) is 6. The van der Waals surface area contributed by atoms with E-state index >= 15 is 0 Å². The minimum atomic E-state index is -2.01. The van der Waals surface area contributed by atoms with Crippen molar-refractivity contribution < 1.29 is 77.5 Å². The van der Waals surface area contributed by atoms with E-state index in [1.807, 2.05) is 43.1 Å². The van der Waals surface area contributed by atoms with Crippen LogP contribution in [0.3, 0.4) is 0 Å². The Hall–Kier alpha value is -4.41. The number of anilines is 1. The van der Waals surface area contributed by atoms with Crippen molar-refractivity contribution in [2.24, 2.45) is 28.8 Å². The van der Waals surface area contributed by atoms with Crippen molar-refractivity contribution in [3.63, 3.8) is 0 Å². The summed E-state index contributed by atoms with van der Waals surface area (Å²) in [4.78, 5) is 30.2. The summed E-state index contributed by atoms with van der Waals surface area (Å²) in [6.45, 7) is 16.1. The molecule has 3 fully saturated rings. The second kappa shape index (κ2) is 27.8. The van der Waals surface area contributed by atoms with E-state index < -0.39 is 133 Å². The van der Waals surface area contributed by atoms with Gasteiger partial charge in [-0.25, -0.2) is 19.0 Å². The number of halogens is 1. The van der Waals surface area contributed by atoms with Crippen LogP contribution in [0, 0.1) is 23.7 Å². The van der Waals surface area contributed by atoms with Gasteiger partial charge in [0.25, 0.3) is 0 Å². The maximum absolute atomic E-state index is 15.0. The van der Waals surface area contributed by atoms with Crippen molar-refractivity contribution in [2.45, 2.75) is 198 Å². The monoisotopic (exact) mass is 1130 g/mol. The number of oxime groups is 1. The first kappa shape index (κ1) is 64.8. The Morgan fingerprint density at radius 1 is 0.938 bits per heavy atom. The zero-order chi connectivity index (χ0) is 59.0. The Bertz CT molecular complexity index is 2440. The van der Waals surface area contributed by atoms with E-state index in [1.165, 1.54) is 32.9 Å². The summed E-state index contributed by atoms with van der Waals surface area (Å²) in [5.41, 5.74) is 3.87. The smallest absolute Gasteiger partial charge is 0.311 e. The van der Waals surface area contributed by atoms with E-state index in [0.29, 0.717) is 25.1 Å². The number of nitrogen functional groups attached to an aromatic ring is 1. The van der Waals surface area contributed by atoms with E-state index in [0.717, 1.165) is 16.7 Å². The van der Waals surface area contributed by atoms with Crippen molar-refractivity contribution in [1.82, 2.24) is 29.9 Å². The third-order valence-corrected chi connectivity index (χ3v) is 16.7. The van der Waals surface area contributed by atoms with Crippen LogP contribution in [-0.4, -0.2) is 200 Å². The summed E-state index contributed by atoms with van der Waals surface area (Å²) in [6, 6.07) is 6.06. The van der Waals surface area contributed by atoms with Crippen LogP contribution in [0.1, 0.15) is 118 Å². The van der Waals surface area contributed by atoms with Crippen LogP contribution < -0.4 is 5.73 Å². The van der Waals surface area contributed by atoms with Crippen LogP contribution in [0.15, 0.2) is 48.0 Å². The highest BCUT2D eigenvalue weighted by Gasteiger charge is 2.53. The lowest BCUT2D eigenvalue weighted by atomic mass is 9.73. The molecule has 3 saturated heterocycles. The average molecular weight is 1130 g/mol. The number of cyclic esters (lactones) is 1. The van der Waals surface area contributed by atoms with Gasteiger partial charge in [0.05, 0.1) is 59.0 Å². The summed E-state index contributed by atoms with van der Waals surface area (Å²) in [5.74, 6) is -4.27. The molecule has 80 heavy (non-hydrogen) atoms. The predicted octanol–water partition coefficient (Wildman–Crippen LogP) is 4.33. The number of ether oxygens (including phenoxy) is 8. The largest absolute Gasteiger partial charge is 0.459 e. The standard InChI is InChI=1S/C56H89FN8O15/c1-15-42-56(10,71)48(67)32(4)44(62-75-29-72-12)30(2)23-54(8,70)50(33(5)46(34(6)51(69)78-42)79-43-24-55(9,74-14)49(68)35(7)77-43)80-52-45(66)40(22-31(3)76-52)64(11)21-20-39-28-65(63-61-39)41(25-57)47(73-13)37-18-16-36(17-19-37)38-26-59-53(58)60-27-38/h16-19,26-28,30-35,40-43,45-50,52,66-68,70-71H,15,20-25,29H2,1-14H3,(H2,58,59,60)/b62-44+/t30-,31-,32+,33+,34-,35+,40+,41-,42-,43+,45-,46+,47-,48-,49+,50-,52+,54-,55-,56-/m1/s1. The van der Waals surface area contributed by atoms with Crippen molar-refractivity contribution in [3.8, 4) is 11.1 Å². The molecule has 1 aromatic carbocycles. The summed E-state index contributed by atoms with van der Waals surface area (Å²) >= 11 is 0. The zero-order valence-corrected chi connectivity index (χ0v) is 48.9. The van der Waals surface area contributed by atoms with Gasteiger partial charge in [0.2, 0.25) is 12.7 Å². The minimum absolute atomic E-state index is 0.0464. The van der Waals surface area contributed by atoms with Gasteiger partial charge < -0.3 is 78.9 Å². The molecule has 0 radical (unpaired) electrons. The van der Waals surface area contributed by atoms with Crippen LogP contribution in [0.4, 0.5) is 10.3 Å². The predicted molar refractivity (Wildman–Crippen MR) is 291 cm³/mol. The summed E-state index contributed by atoms with van der Waals surface area (Å²) in [5, 5.41) is 73.7. The number of alkyl halides is 1. The van der Waals surface area contributed by atoms with Crippen LogP contribution in [-0.2, 0) is 53.9 Å². The number of nitrogens with two attached hydrogens (primary N) is 1. The molecule has 0 spiro atoms. The molecule has 0 unspecified atom stereocenters. The Kier molecular flexibility index (Phi) is 22.5. The molecule has 0 saturated carbocycles. The van der Waals surface area contributed by atoms with Gasteiger partial charge in [0.1, 0.15) is 42.7 Å². The molecule has 24 heteroatoms. The van der Waals surface area contributed by atoms with Crippen molar-refractivity contribution >= 4 is 17.6 Å². The fraction of sp³-hybridized carbons (Fsp3) is 0.750. The molecule has 0 amide bonds. The molecule has 0 bridgehead atoms. The molecule has 3 aliphatic rings. The second-order valence-corrected chi connectivity index (χ2v) is 22.9. The van der Waals surface area contributed by atoms with E-state index in [2.05, 4.69) is 25.4 Å². The Morgan fingerprint density at radius 3 is 2.23 bits per heavy atom. The second-order valence-electron chi connectivity index (χ2n) is 22.9. The van der Waals surface area contributed by atoms with Gasteiger partial charge in [0.15, 0.2) is 12.6 Å². The number of carbonyl (C=O) groups is 1. The third kappa shape index (κ3) is 14.9. The third-order valence-electron chi connectivity index (χ3n) is 16.7. The molecule has 2 aromatic heterocycles. The van der Waals surface area contributed by atoms with Crippen LogP contribution in [0.2, 0.25) is 0 Å². The highest BCUT2D eigenvalue weighted by Crippen LogP contribution is 2.42. The van der Waals surface area contributed by atoms with Crippen molar-refractivity contribution in [1.29, 1.82) is 0 Å². The SMILES string of the molecule is CC[C@H]1OC(=O)[C@H](C)[C@@H](O[C@H]2C[C@@](C)(OC)[C@@H](O)[C@H](C)O2)[C@H](C)[C@@H](O[C@@H]2O[C@H](C)C[C@H](N(C)CCc3cn([C@H](CF)[C@H](OC)c4ccc(-c5cnc(N)nc5)cc4)nn3)[C@H]2O)[C@](C)(O)C[C@@H](C)/C(=N\OCOC)[C@H](C)[C@@H](O)[C@]1(C)O. The van der Waals surface area contributed by atoms with Crippen LogP contribution in [0.5, 0.6) is 0 Å². The topological polar surface area (TPSA) is 299 Å². The molecule has 23 nitrogen and oxygen atoms in total. The van der Waals surface area contributed by atoms with Crippen LogP contribution >= 0.6 is 0 Å². The minimum Gasteiger partial charge on any atom is -0.459 e. The van der Waals surface area contributed by atoms with Gasteiger partial charge in [-0.05, 0) is 79.0 Å². The summed E-state index contributed by atoms with van der Waals surface area (Å²) in [7, 11) is 6.27. The molecule has 3 aromatic rings. The first-order valence-electron chi connectivity index (χ1n) is 27.7. The highest BCUT2D eigenvalue weighted by atomic mass is 19.1. The molecule has 6 rings (SSSR count). The van der Waals surface area contributed by atoms with Crippen molar-refractivity contribution in [2.75, 3.05) is 54.1 Å². The molecular weight excluding hydrogens is 1040 g/mol. The number of hydrogen-bond acceptors (Lipinski definition) is 22. The van der Waals surface area contributed by atoms with Gasteiger partial charge in [-0.1, -0.05) is 62.3 Å². The lowest BCUT2D eigenvalue weighted by Gasteiger charge is -2.49. The van der Waals surface area contributed by atoms with Crippen LogP contribution in [0.25, 0.3) is 11.1 Å². The highest BCUT2D eigenvalue weighted by molar-refractivity contribution is 5.88. The lowest BCUT2D eigenvalue weighted by Crippen LogP contribution is -2.61. The number of carbonyl (C=O) groups excluding carboxylic acids is 1. The van der Waals surface area contributed by atoms with E-state index in [4.69, 9.17) is 48.5 Å². The average Bonchev–Trinajstić information content (AvgIpc) is 3.91. The molecule has 3 aliphatic heterocycles. The molecule has 20 atom stereocenters. The number of esters is 1. The number of aliphatic hydroxyl groups excluding tert-OH is 3. The molecule has 450 valence electrons. The molecule has 0 aliphatic carbocycles. The molecular formula is C56H89FN8O15. The number of aliphatic hydroxyl groups is 5. The Morgan fingerprint density at radius 2 is 1.61 bits per heavy atom. The molecule has 5 heterocycles. The number of nitrogens with zero attached hydrogens (tertiary/aromatic N) is 7. The van der Waals surface area contributed by atoms with E-state index in [-0.39, 0.29) is 37.7 Å². The Labute approximate surface area is 469 Å². The number of rotatable bonds is 19. The van der Waals surface area contributed by atoms with E-state index in [1.54, 1.807) is 74.0 Å². The van der Waals surface area contributed by atoms with Gasteiger partial charge in [-0.15, -0.1) is 5.10 Å². The maximum atomic E-state index is 15.0. The van der Waals surface area contributed by atoms with Gasteiger partial charge in [0, 0.05) is 88.7 Å². The summed E-state index contributed by atoms with van der Waals surface area (Å²) in [6.07, 6.45) is -6.10.